The first-order valence-corrected chi connectivity index (χ1v) is 5.58. The number of Topliss-reactive ketones (excluding diaryl/α,β-unsaturated/α-hetero) is 1. The predicted octanol–water partition coefficient (Wildman–Crippen LogP) is 3.02. The summed E-state index contributed by atoms with van der Waals surface area (Å²) >= 11 is 0. The van der Waals surface area contributed by atoms with Crippen molar-refractivity contribution < 1.29 is 9.90 Å². The van der Waals surface area contributed by atoms with Crippen LogP contribution in [0.4, 0.5) is 0 Å². The third kappa shape index (κ3) is 1.45. The van der Waals surface area contributed by atoms with E-state index in [2.05, 4.69) is 6.92 Å². The molecule has 1 unspecified atom stereocenters. The Labute approximate surface area is 95.6 Å². The summed E-state index contributed by atoms with van der Waals surface area (Å²) in [4.78, 5) is 12.2. The number of carbonyl (C=O) groups excluding carboxylic acids is 1. The Hall–Kier alpha value is -1.57. The SMILES string of the molecule is CC=C1C(=O)c2c(O)ccc(C)c2CC1C. The molecule has 0 aliphatic heterocycles. The largest absolute Gasteiger partial charge is 0.507 e. The highest BCUT2D eigenvalue weighted by atomic mass is 16.3. The minimum absolute atomic E-state index is 0.0162. The molecule has 1 aliphatic rings. The van der Waals surface area contributed by atoms with E-state index >= 15 is 0 Å². The Morgan fingerprint density at radius 1 is 1.44 bits per heavy atom. The minimum atomic E-state index is -0.0162. The lowest BCUT2D eigenvalue weighted by atomic mass is 9.78. The van der Waals surface area contributed by atoms with Gasteiger partial charge in [-0.15, -0.1) is 0 Å². The molecule has 0 saturated heterocycles. The second kappa shape index (κ2) is 3.78. The average molecular weight is 216 g/mol. The number of benzene rings is 1. The highest BCUT2D eigenvalue weighted by Crippen LogP contribution is 2.36. The van der Waals surface area contributed by atoms with Gasteiger partial charge in [-0.1, -0.05) is 19.1 Å². The summed E-state index contributed by atoms with van der Waals surface area (Å²) < 4.78 is 0. The number of phenolic OH excluding ortho intramolecular Hbond substituents is 1. The van der Waals surface area contributed by atoms with Gasteiger partial charge < -0.3 is 5.11 Å². The van der Waals surface area contributed by atoms with E-state index in [9.17, 15) is 9.90 Å². The van der Waals surface area contributed by atoms with E-state index in [1.165, 1.54) is 0 Å². The Morgan fingerprint density at radius 2 is 2.12 bits per heavy atom. The standard InChI is InChI=1S/C14H16O2/c1-4-10-9(3)7-11-8(2)5-6-12(15)13(11)14(10)16/h4-6,9,15H,7H2,1-3H3. The van der Waals surface area contributed by atoms with Crippen LogP contribution in [0, 0.1) is 12.8 Å². The van der Waals surface area contributed by atoms with Gasteiger partial charge in [-0.25, -0.2) is 0 Å². The third-order valence-corrected chi connectivity index (χ3v) is 3.37. The number of hydrogen-bond donors (Lipinski definition) is 1. The first kappa shape index (κ1) is 10.9. The summed E-state index contributed by atoms with van der Waals surface area (Å²) in [7, 11) is 0. The van der Waals surface area contributed by atoms with Crippen LogP contribution in [0.15, 0.2) is 23.8 Å². The van der Waals surface area contributed by atoms with Crippen molar-refractivity contribution in [3.63, 3.8) is 0 Å². The molecule has 1 N–H and O–H groups in total. The highest BCUT2D eigenvalue weighted by Gasteiger charge is 2.30. The lowest BCUT2D eigenvalue weighted by Gasteiger charge is -2.25. The van der Waals surface area contributed by atoms with Gasteiger partial charge in [0, 0.05) is 0 Å². The van der Waals surface area contributed by atoms with Crippen molar-refractivity contribution >= 4 is 5.78 Å². The van der Waals surface area contributed by atoms with Gasteiger partial charge in [0.05, 0.1) is 5.56 Å². The van der Waals surface area contributed by atoms with E-state index in [0.29, 0.717) is 5.56 Å². The van der Waals surface area contributed by atoms with Crippen LogP contribution in [-0.4, -0.2) is 10.9 Å². The normalized spacial score (nSPS) is 22.3. The van der Waals surface area contributed by atoms with Crippen LogP contribution in [-0.2, 0) is 6.42 Å². The molecule has 1 atom stereocenters. The van der Waals surface area contributed by atoms with Crippen molar-refractivity contribution in [1.29, 1.82) is 0 Å². The molecule has 0 saturated carbocycles. The molecule has 0 amide bonds. The Balaban J connectivity index is 2.68. The lowest BCUT2D eigenvalue weighted by Crippen LogP contribution is -2.22. The quantitative estimate of drug-likeness (QED) is 0.677. The van der Waals surface area contributed by atoms with Gasteiger partial charge in [0.2, 0.25) is 0 Å². The van der Waals surface area contributed by atoms with Crippen molar-refractivity contribution in [2.24, 2.45) is 5.92 Å². The molecule has 1 aromatic carbocycles. The Bertz CT molecular complexity index is 484. The molecule has 84 valence electrons. The topological polar surface area (TPSA) is 37.3 Å². The van der Waals surface area contributed by atoms with Crippen LogP contribution in [0.25, 0.3) is 0 Å². The summed E-state index contributed by atoms with van der Waals surface area (Å²) in [5.74, 6) is 0.333. The molecule has 0 heterocycles. The second-order valence-corrected chi connectivity index (χ2v) is 4.43. The summed E-state index contributed by atoms with van der Waals surface area (Å²) in [6.07, 6.45) is 2.69. The number of hydrogen-bond acceptors (Lipinski definition) is 2. The van der Waals surface area contributed by atoms with E-state index in [1.54, 1.807) is 6.07 Å². The van der Waals surface area contributed by atoms with Gasteiger partial charge in [0.15, 0.2) is 5.78 Å². The predicted molar refractivity (Wildman–Crippen MR) is 63.8 cm³/mol. The van der Waals surface area contributed by atoms with Crippen LogP contribution in [0.1, 0.15) is 35.3 Å². The van der Waals surface area contributed by atoms with Crippen molar-refractivity contribution in [1.82, 2.24) is 0 Å². The van der Waals surface area contributed by atoms with Crippen LogP contribution >= 0.6 is 0 Å². The zero-order valence-corrected chi connectivity index (χ0v) is 9.87. The molecular formula is C14H16O2. The summed E-state index contributed by atoms with van der Waals surface area (Å²) in [6.45, 7) is 5.92. The molecule has 2 heteroatoms. The first-order valence-electron chi connectivity index (χ1n) is 5.58. The summed E-state index contributed by atoms with van der Waals surface area (Å²) in [5, 5.41) is 9.80. The van der Waals surface area contributed by atoms with Gasteiger partial charge >= 0.3 is 0 Å². The molecule has 1 aliphatic carbocycles. The van der Waals surface area contributed by atoms with Crippen molar-refractivity contribution in [2.45, 2.75) is 27.2 Å². The number of ketones is 1. The lowest BCUT2D eigenvalue weighted by molar-refractivity contribution is 0.101. The number of fused-ring (bicyclic) bond motifs is 1. The number of rotatable bonds is 0. The van der Waals surface area contributed by atoms with E-state index < -0.39 is 0 Å². The molecule has 1 aromatic rings. The molecule has 0 bridgehead atoms. The molecule has 2 nitrogen and oxygen atoms in total. The van der Waals surface area contributed by atoms with E-state index in [1.807, 2.05) is 26.0 Å². The van der Waals surface area contributed by atoms with Gasteiger partial charge in [-0.05, 0) is 49.0 Å². The fourth-order valence-corrected chi connectivity index (χ4v) is 2.46. The van der Waals surface area contributed by atoms with Gasteiger partial charge in [-0.2, -0.15) is 0 Å². The van der Waals surface area contributed by atoms with Crippen LogP contribution in [0.2, 0.25) is 0 Å². The second-order valence-electron chi connectivity index (χ2n) is 4.43. The van der Waals surface area contributed by atoms with Gasteiger partial charge in [0.25, 0.3) is 0 Å². The summed E-state index contributed by atoms with van der Waals surface area (Å²) in [5.41, 5.74) is 3.41. The maximum Gasteiger partial charge on any atom is 0.192 e. The van der Waals surface area contributed by atoms with Crippen LogP contribution < -0.4 is 0 Å². The van der Waals surface area contributed by atoms with Gasteiger partial charge in [-0.3, -0.25) is 4.79 Å². The third-order valence-electron chi connectivity index (χ3n) is 3.37. The molecule has 2 rings (SSSR count). The number of aromatic hydroxyl groups is 1. The first-order chi connectivity index (χ1) is 7.56. The number of carbonyl (C=O) groups is 1. The Morgan fingerprint density at radius 3 is 2.75 bits per heavy atom. The average Bonchev–Trinajstić information content (AvgIpc) is 2.24. The highest BCUT2D eigenvalue weighted by molar-refractivity contribution is 6.12. The fraction of sp³-hybridized carbons (Fsp3) is 0.357. The minimum Gasteiger partial charge on any atom is -0.507 e. The molecular weight excluding hydrogens is 200 g/mol. The van der Waals surface area contributed by atoms with Crippen molar-refractivity contribution in [3.8, 4) is 5.75 Å². The number of phenols is 1. The number of allylic oxidation sites excluding steroid dienone is 2. The molecule has 0 fully saturated rings. The molecule has 0 spiro atoms. The zero-order valence-electron chi connectivity index (χ0n) is 9.87. The molecule has 0 radical (unpaired) electrons. The van der Waals surface area contributed by atoms with E-state index in [4.69, 9.17) is 0 Å². The molecule has 0 aromatic heterocycles. The monoisotopic (exact) mass is 216 g/mol. The van der Waals surface area contributed by atoms with Crippen molar-refractivity contribution in [2.75, 3.05) is 0 Å². The summed E-state index contributed by atoms with van der Waals surface area (Å²) in [6, 6.07) is 3.48. The molecule has 16 heavy (non-hydrogen) atoms. The fourth-order valence-electron chi connectivity index (χ4n) is 2.46. The Kier molecular flexibility index (Phi) is 2.58. The zero-order chi connectivity index (χ0) is 11.9. The van der Waals surface area contributed by atoms with E-state index in [-0.39, 0.29) is 17.5 Å². The van der Waals surface area contributed by atoms with E-state index in [0.717, 1.165) is 23.1 Å². The smallest absolute Gasteiger partial charge is 0.192 e. The van der Waals surface area contributed by atoms with Gasteiger partial charge in [0.1, 0.15) is 5.75 Å². The van der Waals surface area contributed by atoms with Crippen LogP contribution in [0.3, 0.4) is 0 Å². The maximum absolute atomic E-state index is 12.2. The van der Waals surface area contributed by atoms with Crippen LogP contribution in [0.5, 0.6) is 5.75 Å². The number of aryl methyl sites for hydroxylation is 1. The maximum atomic E-state index is 12.2. The van der Waals surface area contributed by atoms with Crippen molar-refractivity contribution in [3.05, 3.63) is 40.5 Å².